The minimum absolute atomic E-state index is 0.229. The third-order valence-corrected chi connectivity index (χ3v) is 4.09. The first-order chi connectivity index (χ1) is 12.0. The van der Waals surface area contributed by atoms with Gasteiger partial charge in [0.15, 0.2) is 0 Å². The van der Waals surface area contributed by atoms with Crippen molar-refractivity contribution in [2.45, 2.75) is 20.8 Å². The van der Waals surface area contributed by atoms with Crippen molar-refractivity contribution < 1.29 is 4.79 Å². The molecule has 3 aromatic rings. The highest BCUT2D eigenvalue weighted by atomic mass is 16.2. The summed E-state index contributed by atoms with van der Waals surface area (Å²) in [5.41, 5.74) is 8.52. The van der Waals surface area contributed by atoms with Gasteiger partial charge in [-0.3, -0.25) is 4.79 Å². The molecule has 0 aliphatic heterocycles. The summed E-state index contributed by atoms with van der Waals surface area (Å²) in [5.74, 6) is -0.229. The Hall–Kier alpha value is -3.14. The average molecular weight is 331 g/mol. The number of rotatable bonds is 4. The van der Waals surface area contributed by atoms with Gasteiger partial charge in [-0.1, -0.05) is 35.9 Å². The number of carbonyl (C=O) groups excluding carboxylic acids is 1. The van der Waals surface area contributed by atoms with Gasteiger partial charge >= 0.3 is 0 Å². The fourth-order valence-corrected chi connectivity index (χ4v) is 2.74. The van der Waals surface area contributed by atoms with Crippen molar-refractivity contribution in [2.75, 3.05) is 0 Å². The quantitative estimate of drug-likeness (QED) is 0.566. The van der Waals surface area contributed by atoms with E-state index in [2.05, 4.69) is 27.2 Å². The number of amides is 1. The van der Waals surface area contributed by atoms with E-state index in [9.17, 15) is 4.79 Å². The molecule has 1 heterocycles. The van der Waals surface area contributed by atoms with E-state index >= 15 is 0 Å². The second kappa shape index (κ2) is 7.18. The second-order valence-corrected chi connectivity index (χ2v) is 6.11. The van der Waals surface area contributed by atoms with Gasteiger partial charge in [0.25, 0.3) is 5.91 Å². The molecular weight excluding hydrogens is 310 g/mol. The van der Waals surface area contributed by atoms with Gasteiger partial charge < -0.3 is 4.57 Å². The van der Waals surface area contributed by atoms with E-state index in [-0.39, 0.29) is 5.91 Å². The summed E-state index contributed by atoms with van der Waals surface area (Å²) < 4.78 is 2.12. The Balaban J connectivity index is 1.74. The van der Waals surface area contributed by atoms with Crippen LogP contribution in [-0.4, -0.2) is 16.7 Å². The molecule has 0 saturated carbocycles. The summed E-state index contributed by atoms with van der Waals surface area (Å²) in [7, 11) is 0. The lowest BCUT2D eigenvalue weighted by molar-refractivity contribution is 0.0955. The van der Waals surface area contributed by atoms with Crippen molar-refractivity contribution in [3.05, 3.63) is 88.7 Å². The summed E-state index contributed by atoms with van der Waals surface area (Å²) in [5, 5.41) is 4.04. The number of hydrogen-bond acceptors (Lipinski definition) is 2. The molecule has 0 unspecified atom stereocenters. The van der Waals surface area contributed by atoms with Gasteiger partial charge in [0.1, 0.15) is 0 Å². The zero-order valence-corrected chi connectivity index (χ0v) is 14.7. The van der Waals surface area contributed by atoms with Gasteiger partial charge in [0.05, 0.1) is 6.21 Å². The first-order valence-corrected chi connectivity index (χ1v) is 8.20. The Morgan fingerprint density at radius 1 is 0.960 bits per heavy atom. The maximum atomic E-state index is 12.3. The van der Waals surface area contributed by atoms with E-state index in [1.165, 1.54) is 5.56 Å². The standard InChI is InChI=1S/C21H21N3O/c1-15-7-11-18(12-8-15)14-22-23-21(25)19-5-4-6-20(13-19)24-16(2)9-10-17(24)3/h4-14H,1-3H3,(H,23,25)/b22-14-. The third kappa shape index (κ3) is 3.86. The molecule has 25 heavy (non-hydrogen) atoms. The summed E-state index contributed by atoms with van der Waals surface area (Å²) in [6, 6.07) is 19.6. The van der Waals surface area contributed by atoms with Gasteiger partial charge in [-0.05, 0) is 56.7 Å². The van der Waals surface area contributed by atoms with Gasteiger partial charge in [-0.25, -0.2) is 5.43 Å². The van der Waals surface area contributed by atoms with Crippen molar-refractivity contribution in [1.29, 1.82) is 0 Å². The molecule has 0 fully saturated rings. The Labute approximate surface area is 147 Å². The van der Waals surface area contributed by atoms with Crippen molar-refractivity contribution in [1.82, 2.24) is 9.99 Å². The van der Waals surface area contributed by atoms with Crippen LogP contribution in [0, 0.1) is 20.8 Å². The number of nitrogens with zero attached hydrogens (tertiary/aromatic N) is 2. The van der Waals surface area contributed by atoms with Crippen molar-refractivity contribution >= 4 is 12.1 Å². The fourth-order valence-electron chi connectivity index (χ4n) is 2.74. The van der Waals surface area contributed by atoms with Crippen LogP contribution in [0.3, 0.4) is 0 Å². The summed E-state index contributed by atoms with van der Waals surface area (Å²) >= 11 is 0. The van der Waals surface area contributed by atoms with Crippen molar-refractivity contribution in [3.63, 3.8) is 0 Å². The Morgan fingerprint density at radius 2 is 1.64 bits per heavy atom. The molecule has 2 aromatic carbocycles. The molecule has 0 aliphatic carbocycles. The summed E-state index contributed by atoms with van der Waals surface area (Å²) in [6.07, 6.45) is 1.64. The fraction of sp³-hybridized carbons (Fsp3) is 0.143. The smallest absolute Gasteiger partial charge is 0.271 e. The molecule has 0 spiro atoms. The van der Waals surface area contributed by atoms with E-state index in [4.69, 9.17) is 0 Å². The Bertz CT molecular complexity index is 901. The molecule has 4 nitrogen and oxygen atoms in total. The maximum Gasteiger partial charge on any atom is 0.271 e. The zero-order valence-electron chi connectivity index (χ0n) is 14.7. The van der Waals surface area contributed by atoms with Crippen LogP contribution in [0.5, 0.6) is 0 Å². The highest BCUT2D eigenvalue weighted by Gasteiger charge is 2.08. The lowest BCUT2D eigenvalue weighted by atomic mass is 10.2. The molecule has 4 heteroatoms. The molecule has 126 valence electrons. The van der Waals surface area contributed by atoms with E-state index < -0.39 is 0 Å². The number of aromatic nitrogens is 1. The van der Waals surface area contributed by atoms with Crippen LogP contribution >= 0.6 is 0 Å². The summed E-state index contributed by atoms with van der Waals surface area (Å²) in [4.78, 5) is 12.3. The first-order valence-electron chi connectivity index (χ1n) is 8.20. The highest BCUT2D eigenvalue weighted by molar-refractivity contribution is 5.95. The molecule has 1 aromatic heterocycles. The molecule has 1 amide bonds. The number of hydrazone groups is 1. The lowest BCUT2D eigenvalue weighted by Gasteiger charge is -2.10. The average Bonchev–Trinajstić information content (AvgIpc) is 2.95. The van der Waals surface area contributed by atoms with Gasteiger partial charge in [0, 0.05) is 22.6 Å². The molecule has 1 N–H and O–H groups in total. The first kappa shape index (κ1) is 16.7. The normalized spacial score (nSPS) is 11.0. The van der Waals surface area contributed by atoms with Crippen LogP contribution in [0.15, 0.2) is 65.8 Å². The Morgan fingerprint density at radius 3 is 2.32 bits per heavy atom. The number of hydrogen-bond donors (Lipinski definition) is 1. The highest BCUT2D eigenvalue weighted by Crippen LogP contribution is 2.17. The van der Waals surface area contributed by atoms with Crippen LogP contribution in [0.2, 0.25) is 0 Å². The minimum atomic E-state index is -0.229. The largest absolute Gasteiger partial charge is 0.318 e. The van der Waals surface area contributed by atoms with Gasteiger partial charge in [-0.2, -0.15) is 5.10 Å². The SMILES string of the molecule is Cc1ccc(/C=N\NC(=O)c2cccc(-n3c(C)ccc3C)c2)cc1. The molecule has 0 saturated heterocycles. The van der Waals surface area contributed by atoms with E-state index in [0.717, 1.165) is 22.6 Å². The molecule has 0 bridgehead atoms. The number of benzene rings is 2. The molecule has 0 radical (unpaired) electrons. The maximum absolute atomic E-state index is 12.3. The van der Waals surface area contributed by atoms with Crippen LogP contribution in [0.1, 0.15) is 32.9 Å². The van der Waals surface area contributed by atoms with Crippen LogP contribution < -0.4 is 5.43 Å². The third-order valence-electron chi connectivity index (χ3n) is 4.09. The predicted molar refractivity (Wildman–Crippen MR) is 101 cm³/mol. The summed E-state index contributed by atoms with van der Waals surface area (Å²) in [6.45, 7) is 6.13. The molecule has 3 rings (SSSR count). The molecule has 0 aliphatic rings. The second-order valence-electron chi connectivity index (χ2n) is 6.11. The topological polar surface area (TPSA) is 46.4 Å². The van der Waals surface area contributed by atoms with E-state index in [1.807, 2.05) is 63.2 Å². The minimum Gasteiger partial charge on any atom is -0.318 e. The monoisotopic (exact) mass is 331 g/mol. The van der Waals surface area contributed by atoms with Crippen LogP contribution in [-0.2, 0) is 0 Å². The Kier molecular flexibility index (Phi) is 4.80. The number of aryl methyl sites for hydroxylation is 3. The lowest BCUT2D eigenvalue weighted by Crippen LogP contribution is -2.18. The number of nitrogens with one attached hydrogen (secondary N) is 1. The number of carbonyl (C=O) groups is 1. The predicted octanol–water partition coefficient (Wildman–Crippen LogP) is 4.17. The molecule has 0 atom stereocenters. The van der Waals surface area contributed by atoms with Gasteiger partial charge in [0.2, 0.25) is 0 Å². The molecular formula is C21H21N3O. The van der Waals surface area contributed by atoms with Crippen LogP contribution in [0.4, 0.5) is 0 Å². The van der Waals surface area contributed by atoms with Crippen molar-refractivity contribution in [2.24, 2.45) is 5.10 Å². The van der Waals surface area contributed by atoms with E-state index in [1.54, 1.807) is 12.3 Å². The van der Waals surface area contributed by atoms with Crippen LogP contribution in [0.25, 0.3) is 5.69 Å². The van der Waals surface area contributed by atoms with E-state index in [0.29, 0.717) is 5.56 Å². The van der Waals surface area contributed by atoms with Crippen molar-refractivity contribution in [3.8, 4) is 5.69 Å². The zero-order chi connectivity index (χ0) is 17.8. The van der Waals surface area contributed by atoms with Gasteiger partial charge in [-0.15, -0.1) is 0 Å².